The molecule has 2 aromatic rings. The van der Waals surface area contributed by atoms with Gasteiger partial charge >= 0.3 is 0 Å². The number of nitrogens with zero attached hydrogens (tertiary/aromatic N) is 1. The van der Waals surface area contributed by atoms with E-state index in [0.29, 0.717) is 19.0 Å². The predicted octanol–water partition coefficient (Wildman–Crippen LogP) is 2.43. The fourth-order valence-electron chi connectivity index (χ4n) is 2.04. The minimum atomic E-state index is -0.381. The molecule has 2 rings (SSSR count). The Balaban J connectivity index is 1.95. The second kappa shape index (κ2) is 8.44. The lowest BCUT2D eigenvalue weighted by atomic mass is 10.1. The molecule has 0 fully saturated rings. The van der Waals surface area contributed by atoms with Crippen LogP contribution in [-0.4, -0.2) is 22.7 Å². The highest BCUT2D eigenvalue weighted by Gasteiger charge is 2.21. The Hall–Kier alpha value is -2.41. The fourth-order valence-corrected chi connectivity index (χ4v) is 2.76. The van der Waals surface area contributed by atoms with E-state index >= 15 is 0 Å². The molecule has 0 bridgehead atoms. The average molecular weight is 346 g/mol. The summed E-state index contributed by atoms with van der Waals surface area (Å²) in [5.41, 5.74) is 7.14. The number of hydrogen-bond donors (Lipinski definition) is 3. The Morgan fingerprint density at radius 2 is 1.88 bits per heavy atom. The SMILES string of the molecule is CC(C)CCNC(=O)c1snc(C(=O)NCc2ccccc2)c1N. The summed E-state index contributed by atoms with van der Waals surface area (Å²) < 4.78 is 4.04. The van der Waals surface area contributed by atoms with Gasteiger partial charge in [0, 0.05) is 13.1 Å². The maximum absolute atomic E-state index is 12.2. The van der Waals surface area contributed by atoms with E-state index in [9.17, 15) is 9.59 Å². The number of benzene rings is 1. The van der Waals surface area contributed by atoms with Crippen LogP contribution in [0.2, 0.25) is 0 Å². The molecule has 0 aliphatic carbocycles. The molecule has 0 spiro atoms. The van der Waals surface area contributed by atoms with Gasteiger partial charge in [0.1, 0.15) is 4.88 Å². The van der Waals surface area contributed by atoms with Crippen LogP contribution >= 0.6 is 11.5 Å². The molecular formula is C17H22N4O2S. The molecule has 1 aromatic heterocycles. The molecule has 0 saturated heterocycles. The third kappa shape index (κ3) is 4.79. The molecule has 1 aromatic carbocycles. The number of aromatic nitrogens is 1. The van der Waals surface area contributed by atoms with E-state index in [0.717, 1.165) is 23.5 Å². The summed E-state index contributed by atoms with van der Waals surface area (Å²) in [5.74, 6) is -0.162. The molecule has 128 valence electrons. The second-order valence-corrected chi connectivity index (χ2v) is 6.65. The average Bonchev–Trinajstić information content (AvgIpc) is 2.95. The van der Waals surface area contributed by atoms with Gasteiger partial charge in [0.25, 0.3) is 11.8 Å². The van der Waals surface area contributed by atoms with E-state index < -0.39 is 0 Å². The van der Waals surface area contributed by atoms with Crippen molar-refractivity contribution in [3.8, 4) is 0 Å². The van der Waals surface area contributed by atoms with Crippen molar-refractivity contribution in [2.24, 2.45) is 5.92 Å². The zero-order chi connectivity index (χ0) is 17.5. The zero-order valence-corrected chi connectivity index (χ0v) is 14.7. The molecular weight excluding hydrogens is 324 g/mol. The lowest BCUT2D eigenvalue weighted by Crippen LogP contribution is -2.26. The topological polar surface area (TPSA) is 97.1 Å². The van der Waals surface area contributed by atoms with Crippen molar-refractivity contribution in [3.05, 3.63) is 46.5 Å². The van der Waals surface area contributed by atoms with Crippen LogP contribution in [0.4, 0.5) is 5.69 Å². The van der Waals surface area contributed by atoms with E-state index in [1.807, 2.05) is 30.3 Å². The summed E-state index contributed by atoms with van der Waals surface area (Å²) in [6, 6.07) is 9.54. The maximum Gasteiger partial charge on any atom is 0.273 e. The quantitative estimate of drug-likeness (QED) is 0.717. The lowest BCUT2D eigenvalue weighted by molar-refractivity contribution is 0.0946. The molecule has 4 N–H and O–H groups in total. The molecule has 0 aliphatic rings. The van der Waals surface area contributed by atoms with Crippen LogP contribution in [0.25, 0.3) is 0 Å². The minimum Gasteiger partial charge on any atom is -0.395 e. The molecule has 1 heterocycles. The summed E-state index contributed by atoms with van der Waals surface area (Å²) in [6.07, 6.45) is 0.884. The number of carbonyl (C=O) groups is 2. The summed E-state index contributed by atoms with van der Waals surface area (Å²) in [6.45, 7) is 5.13. The molecule has 0 atom stereocenters. The normalized spacial score (nSPS) is 10.6. The van der Waals surface area contributed by atoms with Gasteiger partial charge in [-0.3, -0.25) is 9.59 Å². The van der Waals surface area contributed by atoms with Crippen LogP contribution in [0.15, 0.2) is 30.3 Å². The molecule has 0 aliphatic heterocycles. The smallest absolute Gasteiger partial charge is 0.273 e. The number of carbonyl (C=O) groups excluding carboxylic acids is 2. The zero-order valence-electron chi connectivity index (χ0n) is 13.8. The second-order valence-electron chi connectivity index (χ2n) is 5.88. The Kier molecular flexibility index (Phi) is 6.31. The maximum atomic E-state index is 12.2. The Morgan fingerprint density at radius 3 is 2.54 bits per heavy atom. The number of nitrogens with one attached hydrogen (secondary N) is 2. The summed E-state index contributed by atoms with van der Waals surface area (Å²) >= 11 is 0.945. The van der Waals surface area contributed by atoms with E-state index in [4.69, 9.17) is 5.73 Å². The van der Waals surface area contributed by atoms with Gasteiger partial charge in [0.15, 0.2) is 5.69 Å². The Morgan fingerprint density at radius 1 is 1.17 bits per heavy atom. The van der Waals surface area contributed by atoms with E-state index in [-0.39, 0.29) is 28.1 Å². The Labute approximate surface area is 145 Å². The Bertz CT molecular complexity index is 698. The number of amides is 2. The first-order valence-corrected chi connectivity index (χ1v) is 8.61. The predicted molar refractivity (Wildman–Crippen MR) is 95.9 cm³/mol. The van der Waals surface area contributed by atoms with Crippen molar-refractivity contribution >= 4 is 29.0 Å². The summed E-state index contributed by atoms with van der Waals surface area (Å²) in [7, 11) is 0. The molecule has 0 radical (unpaired) electrons. The van der Waals surface area contributed by atoms with Gasteiger partial charge in [-0.05, 0) is 29.4 Å². The van der Waals surface area contributed by atoms with Gasteiger partial charge in [0.2, 0.25) is 0 Å². The van der Waals surface area contributed by atoms with Gasteiger partial charge < -0.3 is 16.4 Å². The number of hydrogen-bond acceptors (Lipinski definition) is 5. The van der Waals surface area contributed by atoms with Crippen molar-refractivity contribution in [3.63, 3.8) is 0 Å². The van der Waals surface area contributed by atoms with Crippen molar-refractivity contribution < 1.29 is 9.59 Å². The van der Waals surface area contributed by atoms with Gasteiger partial charge in [0.05, 0.1) is 5.69 Å². The standard InChI is InChI=1S/C17H22N4O2S/c1-11(2)8-9-19-17(23)15-13(18)14(21-24-15)16(22)20-10-12-6-4-3-5-7-12/h3-7,11H,8-10,18H2,1-2H3,(H,19,23)(H,20,22). The van der Waals surface area contributed by atoms with Crippen LogP contribution in [0.3, 0.4) is 0 Å². The highest BCUT2D eigenvalue weighted by Crippen LogP contribution is 2.21. The molecule has 0 unspecified atom stereocenters. The fraction of sp³-hybridized carbons (Fsp3) is 0.353. The highest BCUT2D eigenvalue weighted by atomic mass is 32.1. The number of nitrogen functional groups attached to an aromatic ring is 1. The first-order valence-electron chi connectivity index (χ1n) is 7.84. The van der Waals surface area contributed by atoms with Crippen LogP contribution in [0.5, 0.6) is 0 Å². The third-order valence-electron chi connectivity index (χ3n) is 3.45. The molecule has 2 amide bonds. The van der Waals surface area contributed by atoms with Gasteiger partial charge in [-0.1, -0.05) is 44.2 Å². The highest BCUT2D eigenvalue weighted by molar-refractivity contribution is 7.09. The van der Waals surface area contributed by atoms with Crippen molar-refractivity contribution in [2.75, 3.05) is 12.3 Å². The molecule has 7 heteroatoms. The number of anilines is 1. The van der Waals surface area contributed by atoms with Crippen LogP contribution in [0.1, 0.15) is 46.0 Å². The molecule has 24 heavy (non-hydrogen) atoms. The monoisotopic (exact) mass is 346 g/mol. The number of nitrogens with two attached hydrogens (primary N) is 1. The van der Waals surface area contributed by atoms with Gasteiger partial charge in [-0.25, -0.2) is 0 Å². The third-order valence-corrected chi connectivity index (χ3v) is 4.31. The van der Waals surface area contributed by atoms with E-state index in [2.05, 4.69) is 28.9 Å². The van der Waals surface area contributed by atoms with E-state index in [1.165, 1.54) is 0 Å². The first-order chi connectivity index (χ1) is 11.5. The first kappa shape index (κ1) is 17.9. The van der Waals surface area contributed by atoms with E-state index in [1.54, 1.807) is 0 Å². The molecule has 0 saturated carbocycles. The number of rotatable bonds is 7. The van der Waals surface area contributed by atoms with Crippen LogP contribution in [-0.2, 0) is 6.54 Å². The van der Waals surface area contributed by atoms with Crippen LogP contribution in [0, 0.1) is 5.92 Å². The summed E-state index contributed by atoms with van der Waals surface area (Å²) in [5, 5.41) is 5.56. The largest absolute Gasteiger partial charge is 0.395 e. The summed E-state index contributed by atoms with van der Waals surface area (Å²) in [4.78, 5) is 24.6. The lowest BCUT2D eigenvalue weighted by Gasteiger charge is -2.06. The van der Waals surface area contributed by atoms with Crippen LogP contribution < -0.4 is 16.4 Å². The van der Waals surface area contributed by atoms with Crippen molar-refractivity contribution in [2.45, 2.75) is 26.8 Å². The van der Waals surface area contributed by atoms with Crippen molar-refractivity contribution in [1.29, 1.82) is 0 Å². The minimum absolute atomic E-state index is 0.102. The van der Waals surface area contributed by atoms with Gasteiger partial charge in [-0.15, -0.1) is 0 Å². The van der Waals surface area contributed by atoms with Crippen molar-refractivity contribution in [1.82, 2.24) is 15.0 Å². The van der Waals surface area contributed by atoms with Gasteiger partial charge in [-0.2, -0.15) is 4.37 Å². The molecule has 6 nitrogen and oxygen atoms in total.